The highest BCUT2D eigenvalue weighted by Gasteiger charge is 2.36. The summed E-state index contributed by atoms with van der Waals surface area (Å²) in [4.78, 5) is 34.1. The number of H-pyrrole nitrogens is 1. The smallest absolute Gasteiger partial charge is 0.330 e. The molecule has 6 aromatic rings. The first-order valence-corrected chi connectivity index (χ1v) is 15.6. The van der Waals surface area contributed by atoms with E-state index in [-0.39, 0.29) is 28.6 Å². The largest absolute Gasteiger partial charge is 0.417 e. The molecule has 0 aliphatic carbocycles. The van der Waals surface area contributed by atoms with Gasteiger partial charge in [-0.2, -0.15) is 23.4 Å². The van der Waals surface area contributed by atoms with Crippen molar-refractivity contribution in [3.05, 3.63) is 133 Å². The molecule has 1 aliphatic rings. The number of carbonyl (C=O) groups is 1. The van der Waals surface area contributed by atoms with Gasteiger partial charge in [-0.1, -0.05) is 46.3 Å². The molecule has 1 amide bonds. The average molecular weight is 703 g/mol. The summed E-state index contributed by atoms with van der Waals surface area (Å²) in [5.41, 5.74) is 3.51. The maximum atomic E-state index is 14.4. The Morgan fingerprint density at radius 2 is 1.81 bits per heavy atom. The Morgan fingerprint density at radius 3 is 2.49 bits per heavy atom. The van der Waals surface area contributed by atoms with Gasteiger partial charge in [0.1, 0.15) is 11.5 Å². The van der Waals surface area contributed by atoms with Gasteiger partial charge in [-0.3, -0.25) is 19.3 Å². The van der Waals surface area contributed by atoms with Crippen LogP contribution in [-0.2, 0) is 25.6 Å². The maximum Gasteiger partial charge on any atom is 0.417 e. The van der Waals surface area contributed by atoms with Crippen LogP contribution in [0.4, 0.5) is 13.2 Å². The Bertz CT molecular complexity index is 2210. The molecule has 1 aliphatic heterocycles. The highest BCUT2D eigenvalue weighted by atomic mass is 79.9. The van der Waals surface area contributed by atoms with Crippen LogP contribution in [0.15, 0.2) is 88.3 Å². The Balaban J connectivity index is 1.35. The first-order valence-electron chi connectivity index (χ1n) is 14.8. The lowest BCUT2D eigenvalue weighted by atomic mass is 9.97. The van der Waals surface area contributed by atoms with Gasteiger partial charge in [-0.15, -0.1) is 0 Å². The molecule has 0 bridgehead atoms. The minimum absolute atomic E-state index is 0.00506. The quantitative estimate of drug-likeness (QED) is 0.220. The third-order valence-electron chi connectivity index (χ3n) is 8.44. The topological polar surface area (TPSA) is 101 Å². The van der Waals surface area contributed by atoms with E-state index in [1.54, 1.807) is 22.2 Å². The number of aromatic nitrogens is 6. The third kappa shape index (κ3) is 5.54. The summed E-state index contributed by atoms with van der Waals surface area (Å²) in [7, 11) is 0. The van der Waals surface area contributed by atoms with Crippen LogP contribution in [0.1, 0.15) is 51.1 Å². The van der Waals surface area contributed by atoms with Crippen molar-refractivity contribution in [1.82, 2.24) is 34.3 Å². The van der Waals surface area contributed by atoms with Crippen LogP contribution in [0.2, 0.25) is 0 Å². The van der Waals surface area contributed by atoms with Gasteiger partial charge in [0.2, 0.25) is 0 Å². The summed E-state index contributed by atoms with van der Waals surface area (Å²) in [6.07, 6.45) is -2.23. The van der Waals surface area contributed by atoms with E-state index in [0.717, 1.165) is 22.8 Å². The number of amides is 1. The lowest BCUT2D eigenvalue weighted by Crippen LogP contribution is -2.46. The maximum absolute atomic E-state index is 14.4. The zero-order chi connectivity index (χ0) is 33.0. The fourth-order valence-electron chi connectivity index (χ4n) is 6.11. The fraction of sp³-hybridized carbons (Fsp3) is 0.206. The normalized spacial score (nSPS) is 14.9. The van der Waals surface area contributed by atoms with E-state index in [4.69, 9.17) is 5.10 Å². The summed E-state index contributed by atoms with van der Waals surface area (Å²) >= 11 is 2.95. The molecule has 0 spiro atoms. The van der Waals surface area contributed by atoms with Crippen LogP contribution in [0.3, 0.4) is 0 Å². The highest BCUT2D eigenvalue weighted by Crippen LogP contribution is 2.36. The Hall–Kier alpha value is -5.04. The summed E-state index contributed by atoms with van der Waals surface area (Å²) in [6.45, 7) is 3.60. The Kier molecular flexibility index (Phi) is 7.58. The zero-order valence-electron chi connectivity index (χ0n) is 25.2. The van der Waals surface area contributed by atoms with Crippen molar-refractivity contribution in [3.8, 4) is 17.1 Å². The van der Waals surface area contributed by atoms with Crippen LogP contribution < -0.4 is 5.56 Å². The lowest BCUT2D eigenvalue weighted by molar-refractivity contribution is -0.138. The van der Waals surface area contributed by atoms with Crippen molar-refractivity contribution in [2.24, 2.45) is 0 Å². The van der Waals surface area contributed by atoms with Gasteiger partial charge < -0.3 is 4.90 Å². The van der Waals surface area contributed by atoms with E-state index < -0.39 is 23.7 Å². The monoisotopic (exact) mass is 701 g/mol. The molecule has 0 saturated carbocycles. The summed E-state index contributed by atoms with van der Waals surface area (Å²) < 4.78 is 44.2. The van der Waals surface area contributed by atoms with Crippen LogP contribution in [0.25, 0.3) is 22.7 Å². The number of carbonyl (C=O) groups excluding carboxylic acids is 1. The summed E-state index contributed by atoms with van der Waals surface area (Å²) in [6, 6.07) is 20.2. The third-order valence-corrected chi connectivity index (χ3v) is 9.14. The number of alkyl halides is 3. The molecule has 3 aromatic heterocycles. The number of hydrogen-bond acceptors (Lipinski definition) is 5. The standard InChI is InChI=1S/C34H27BrF3N7O2/c1-19-14-26-29(18-43(19)32(46)23-10-13-28(35)27(16-23)34(36,37)38)45-31(24(17-39-45)15-21-6-4-3-5-7-21)44(33(26)47)25-11-8-22(9-12-25)30-40-20(2)41-42-30/h3-13,16-17,19H,14-15,18H2,1-2H3,(H,40,41,42)/t19-/m0/s1. The number of aromatic amines is 1. The molecule has 47 heavy (non-hydrogen) atoms. The van der Waals surface area contributed by atoms with Crippen molar-refractivity contribution >= 4 is 27.5 Å². The molecule has 0 saturated heterocycles. The number of benzene rings is 3. The minimum Gasteiger partial charge on any atom is -0.330 e. The molecule has 9 nitrogen and oxygen atoms in total. The predicted molar refractivity (Wildman–Crippen MR) is 172 cm³/mol. The second-order valence-corrected chi connectivity index (χ2v) is 12.5. The van der Waals surface area contributed by atoms with Gasteiger partial charge >= 0.3 is 6.18 Å². The molecule has 238 valence electrons. The molecular formula is C34H27BrF3N7O2. The minimum atomic E-state index is -4.64. The van der Waals surface area contributed by atoms with Crippen molar-refractivity contribution < 1.29 is 18.0 Å². The predicted octanol–water partition coefficient (Wildman–Crippen LogP) is 6.54. The SMILES string of the molecule is Cc1nc(-c2ccc(-n3c(=O)c4c(n5ncc(Cc6ccccc6)c35)CN(C(=O)c3ccc(Br)c(C(F)(F)F)c3)[C@@H](C)C4)cc2)n[nH]1. The van der Waals surface area contributed by atoms with E-state index in [1.165, 1.54) is 17.0 Å². The highest BCUT2D eigenvalue weighted by molar-refractivity contribution is 9.10. The van der Waals surface area contributed by atoms with Crippen molar-refractivity contribution in [1.29, 1.82) is 0 Å². The molecule has 7 rings (SSSR count). The Morgan fingerprint density at radius 1 is 1.06 bits per heavy atom. The van der Waals surface area contributed by atoms with Gasteiger partial charge in [-0.05, 0) is 68.3 Å². The Labute approximate surface area is 274 Å². The molecule has 4 heterocycles. The van der Waals surface area contributed by atoms with Crippen molar-refractivity contribution in [3.63, 3.8) is 0 Å². The van der Waals surface area contributed by atoms with Gasteiger partial charge in [-0.25, -0.2) is 9.50 Å². The number of halogens is 4. The van der Waals surface area contributed by atoms with E-state index >= 15 is 0 Å². The van der Waals surface area contributed by atoms with Crippen LogP contribution >= 0.6 is 15.9 Å². The lowest BCUT2D eigenvalue weighted by Gasteiger charge is -2.35. The van der Waals surface area contributed by atoms with Crippen molar-refractivity contribution in [2.75, 3.05) is 0 Å². The van der Waals surface area contributed by atoms with Crippen LogP contribution in [-0.4, -0.2) is 46.2 Å². The first-order chi connectivity index (χ1) is 22.5. The van der Waals surface area contributed by atoms with Crippen molar-refractivity contribution in [2.45, 2.75) is 45.5 Å². The van der Waals surface area contributed by atoms with Crippen LogP contribution in [0, 0.1) is 6.92 Å². The number of hydrogen-bond donors (Lipinski definition) is 1. The van der Waals surface area contributed by atoms with E-state index in [0.29, 0.717) is 40.7 Å². The second-order valence-electron chi connectivity index (χ2n) is 11.6. The van der Waals surface area contributed by atoms with E-state index in [2.05, 4.69) is 31.1 Å². The number of nitrogens with zero attached hydrogens (tertiary/aromatic N) is 6. The second kappa shape index (κ2) is 11.6. The molecule has 3 aromatic carbocycles. The molecule has 0 radical (unpaired) electrons. The average Bonchev–Trinajstić information content (AvgIpc) is 3.67. The number of rotatable bonds is 5. The first kappa shape index (κ1) is 30.6. The summed E-state index contributed by atoms with van der Waals surface area (Å²) in [5.74, 6) is 0.662. The summed E-state index contributed by atoms with van der Waals surface area (Å²) in [5, 5.41) is 11.8. The van der Waals surface area contributed by atoms with E-state index in [1.807, 2.05) is 61.5 Å². The molecule has 1 atom stereocenters. The van der Waals surface area contributed by atoms with Crippen LogP contribution in [0.5, 0.6) is 0 Å². The van der Waals surface area contributed by atoms with Gasteiger partial charge in [0.05, 0.1) is 29.7 Å². The number of aryl methyl sites for hydroxylation is 1. The molecule has 1 N–H and O–H groups in total. The van der Waals surface area contributed by atoms with E-state index in [9.17, 15) is 22.8 Å². The number of nitrogens with one attached hydrogen (secondary N) is 1. The van der Waals surface area contributed by atoms with Gasteiger partial charge in [0.25, 0.3) is 11.5 Å². The van der Waals surface area contributed by atoms with Gasteiger partial charge in [0.15, 0.2) is 5.82 Å². The molecular weight excluding hydrogens is 675 g/mol. The number of fused-ring (bicyclic) bond motifs is 3. The van der Waals surface area contributed by atoms with Gasteiger partial charge in [0, 0.05) is 39.2 Å². The molecule has 0 unspecified atom stereocenters. The molecule has 13 heteroatoms. The molecule has 0 fully saturated rings. The fourth-order valence-corrected chi connectivity index (χ4v) is 6.58. The zero-order valence-corrected chi connectivity index (χ0v) is 26.8.